The van der Waals surface area contributed by atoms with Crippen LogP contribution in [0.5, 0.6) is 11.5 Å². The predicted octanol–water partition coefficient (Wildman–Crippen LogP) is 3.88. The van der Waals surface area contributed by atoms with Crippen LogP contribution in [0.15, 0.2) is 48.0 Å². The Hall–Kier alpha value is -3.86. The lowest BCUT2D eigenvalue weighted by Gasteiger charge is -2.09. The van der Waals surface area contributed by atoms with Crippen LogP contribution in [0, 0.1) is 27.4 Å². The molecule has 2 N–H and O–H groups in total. The number of phenols is 1. The number of nitrogens with one attached hydrogen (secondary N) is 1. The normalized spacial score (nSPS) is 11.0. The molecule has 144 valence electrons. The lowest BCUT2D eigenvalue weighted by atomic mass is 10.1. The van der Waals surface area contributed by atoms with E-state index in [-0.39, 0.29) is 16.9 Å². The number of aromatic hydroxyl groups is 1. The zero-order valence-corrected chi connectivity index (χ0v) is 15.4. The second kappa shape index (κ2) is 9.19. The number of ether oxygens (including phenoxy) is 1. The first kappa shape index (κ1) is 20.5. The monoisotopic (exact) mass is 381 g/mol. The molecule has 0 aromatic heterocycles. The van der Waals surface area contributed by atoms with E-state index >= 15 is 0 Å². The molecule has 0 fully saturated rings. The molecule has 2 aromatic carbocycles. The molecular weight excluding hydrogens is 362 g/mol. The van der Waals surface area contributed by atoms with Crippen LogP contribution in [-0.2, 0) is 4.79 Å². The van der Waals surface area contributed by atoms with Crippen molar-refractivity contribution in [3.63, 3.8) is 0 Å². The minimum atomic E-state index is -0.744. The number of carbonyl (C=O) groups is 1. The molecule has 1 amide bonds. The van der Waals surface area contributed by atoms with E-state index in [0.29, 0.717) is 23.8 Å². The quantitative estimate of drug-likeness (QED) is 0.246. The van der Waals surface area contributed by atoms with E-state index in [0.717, 1.165) is 12.1 Å². The average Bonchev–Trinajstić information content (AvgIpc) is 2.66. The fourth-order valence-corrected chi connectivity index (χ4v) is 2.17. The first-order valence-corrected chi connectivity index (χ1v) is 8.43. The molecular formula is C20H19N3O5. The number of amides is 1. The van der Waals surface area contributed by atoms with Gasteiger partial charge in [-0.2, -0.15) is 5.26 Å². The van der Waals surface area contributed by atoms with E-state index in [9.17, 15) is 25.3 Å². The second-order valence-electron chi connectivity index (χ2n) is 6.36. The molecule has 0 aliphatic carbocycles. The van der Waals surface area contributed by atoms with Crippen molar-refractivity contribution < 1.29 is 19.6 Å². The summed E-state index contributed by atoms with van der Waals surface area (Å²) in [6.45, 7) is 4.66. The van der Waals surface area contributed by atoms with E-state index in [2.05, 4.69) is 5.32 Å². The van der Waals surface area contributed by atoms with Gasteiger partial charge in [-0.05, 0) is 35.8 Å². The van der Waals surface area contributed by atoms with E-state index < -0.39 is 16.6 Å². The zero-order valence-electron chi connectivity index (χ0n) is 15.4. The molecule has 0 saturated heterocycles. The van der Waals surface area contributed by atoms with Gasteiger partial charge in [-0.3, -0.25) is 14.9 Å². The number of carbonyl (C=O) groups excluding carboxylic acids is 1. The third kappa shape index (κ3) is 5.57. The van der Waals surface area contributed by atoms with Crippen LogP contribution in [0.1, 0.15) is 19.4 Å². The Kier molecular flexibility index (Phi) is 6.71. The molecule has 0 bridgehead atoms. The molecule has 28 heavy (non-hydrogen) atoms. The van der Waals surface area contributed by atoms with Gasteiger partial charge in [-0.1, -0.05) is 26.0 Å². The zero-order chi connectivity index (χ0) is 20.7. The standard InChI is InChI=1S/C20H19N3O5/c1-13(2)12-28-17-6-3-14(4-7-17)9-15(11-21)20(25)22-18-8-5-16(23(26)27)10-19(18)24/h3-10,13,24H,12H2,1-2H3,(H,22,25)/b15-9+. The van der Waals surface area contributed by atoms with Gasteiger partial charge in [0.25, 0.3) is 11.6 Å². The maximum atomic E-state index is 12.3. The van der Waals surface area contributed by atoms with Crippen LogP contribution in [-0.4, -0.2) is 22.5 Å². The van der Waals surface area contributed by atoms with Crippen molar-refractivity contribution in [3.05, 3.63) is 63.7 Å². The highest BCUT2D eigenvalue weighted by atomic mass is 16.6. The van der Waals surface area contributed by atoms with Crippen LogP contribution in [0.3, 0.4) is 0 Å². The fraction of sp³-hybridized carbons (Fsp3) is 0.200. The summed E-state index contributed by atoms with van der Waals surface area (Å²) in [6, 6.07) is 12.0. The highest BCUT2D eigenvalue weighted by Crippen LogP contribution is 2.28. The van der Waals surface area contributed by atoms with Crippen molar-refractivity contribution in [2.24, 2.45) is 5.92 Å². The molecule has 0 aliphatic rings. The fourth-order valence-electron chi connectivity index (χ4n) is 2.17. The van der Waals surface area contributed by atoms with Crippen LogP contribution in [0.2, 0.25) is 0 Å². The van der Waals surface area contributed by atoms with E-state index in [4.69, 9.17) is 4.74 Å². The Morgan fingerprint density at radius 3 is 2.54 bits per heavy atom. The van der Waals surface area contributed by atoms with Crippen molar-refractivity contribution in [2.45, 2.75) is 13.8 Å². The molecule has 0 heterocycles. The number of hydrogen-bond acceptors (Lipinski definition) is 6. The second-order valence-corrected chi connectivity index (χ2v) is 6.36. The molecule has 2 rings (SSSR count). The van der Waals surface area contributed by atoms with Gasteiger partial charge in [0.15, 0.2) is 0 Å². The number of nitro benzene ring substituents is 1. The molecule has 0 spiro atoms. The summed E-state index contributed by atoms with van der Waals surface area (Å²) < 4.78 is 5.58. The van der Waals surface area contributed by atoms with Crippen molar-refractivity contribution in [3.8, 4) is 17.6 Å². The molecule has 0 saturated carbocycles. The summed E-state index contributed by atoms with van der Waals surface area (Å²) in [4.78, 5) is 22.3. The Morgan fingerprint density at radius 1 is 1.32 bits per heavy atom. The van der Waals surface area contributed by atoms with Crippen LogP contribution in [0.25, 0.3) is 6.08 Å². The Labute approximate surface area is 161 Å². The van der Waals surface area contributed by atoms with E-state index in [1.165, 1.54) is 12.1 Å². The molecule has 8 nitrogen and oxygen atoms in total. The van der Waals surface area contributed by atoms with E-state index in [1.807, 2.05) is 13.8 Å². The number of phenolic OH excluding ortho intramolecular Hbond substituents is 1. The van der Waals surface area contributed by atoms with Gasteiger partial charge in [-0.15, -0.1) is 0 Å². The number of nitro groups is 1. The van der Waals surface area contributed by atoms with Gasteiger partial charge in [-0.25, -0.2) is 0 Å². The number of anilines is 1. The summed E-state index contributed by atoms with van der Waals surface area (Å²) in [5.74, 6) is -0.132. The van der Waals surface area contributed by atoms with Crippen molar-refractivity contribution >= 4 is 23.4 Å². The van der Waals surface area contributed by atoms with Crippen LogP contribution >= 0.6 is 0 Å². The number of non-ortho nitro benzene ring substituents is 1. The Morgan fingerprint density at radius 2 is 2.00 bits per heavy atom. The summed E-state index contributed by atoms with van der Waals surface area (Å²) in [5.41, 5.74) is 0.0885. The first-order chi connectivity index (χ1) is 13.3. The summed E-state index contributed by atoms with van der Waals surface area (Å²) in [7, 11) is 0. The molecule has 0 unspecified atom stereocenters. The summed E-state index contributed by atoms with van der Waals surface area (Å²) >= 11 is 0. The van der Waals surface area contributed by atoms with Crippen molar-refractivity contribution in [1.82, 2.24) is 0 Å². The predicted molar refractivity (Wildman–Crippen MR) is 104 cm³/mol. The van der Waals surface area contributed by atoms with Crippen molar-refractivity contribution in [1.29, 1.82) is 5.26 Å². The maximum absolute atomic E-state index is 12.3. The third-order valence-electron chi connectivity index (χ3n) is 3.58. The number of hydrogen-bond donors (Lipinski definition) is 2. The van der Waals surface area contributed by atoms with Crippen LogP contribution < -0.4 is 10.1 Å². The van der Waals surface area contributed by atoms with Gasteiger partial charge in [0, 0.05) is 6.07 Å². The van der Waals surface area contributed by atoms with Gasteiger partial charge in [0.05, 0.1) is 23.3 Å². The minimum Gasteiger partial charge on any atom is -0.506 e. The molecule has 0 aliphatic heterocycles. The largest absolute Gasteiger partial charge is 0.506 e. The highest BCUT2D eigenvalue weighted by molar-refractivity contribution is 6.10. The summed E-state index contributed by atoms with van der Waals surface area (Å²) in [6.07, 6.45) is 1.39. The van der Waals surface area contributed by atoms with E-state index in [1.54, 1.807) is 30.3 Å². The minimum absolute atomic E-state index is 0.0332. The number of nitrogens with zero attached hydrogens (tertiary/aromatic N) is 2. The number of rotatable bonds is 7. The molecule has 0 atom stereocenters. The lowest BCUT2D eigenvalue weighted by Crippen LogP contribution is -2.13. The Bertz CT molecular complexity index is 943. The van der Waals surface area contributed by atoms with Gasteiger partial charge >= 0.3 is 0 Å². The smallest absolute Gasteiger partial charge is 0.273 e. The average molecular weight is 381 g/mol. The molecule has 8 heteroatoms. The van der Waals surface area contributed by atoms with Crippen molar-refractivity contribution in [2.75, 3.05) is 11.9 Å². The highest BCUT2D eigenvalue weighted by Gasteiger charge is 2.15. The SMILES string of the molecule is CC(C)COc1ccc(/C=C(\C#N)C(=O)Nc2ccc([N+](=O)[O-])cc2O)cc1. The van der Waals surface area contributed by atoms with Gasteiger partial charge < -0.3 is 15.2 Å². The Balaban J connectivity index is 2.13. The summed E-state index contributed by atoms with van der Waals surface area (Å²) in [5, 5.41) is 32.1. The lowest BCUT2D eigenvalue weighted by molar-refractivity contribution is -0.384. The van der Waals surface area contributed by atoms with Gasteiger partial charge in [0.2, 0.25) is 0 Å². The third-order valence-corrected chi connectivity index (χ3v) is 3.58. The number of nitriles is 1. The topological polar surface area (TPSA) is 125 Å². The maximum Gasteiger partial charge on any atom is 0.273 e. The number of benzene rings is 2. The molecule has 2 aromatic rings. The van der Waals surface area contributed by atoms with Gasteiger partial charge in [0.1, 0.15) is 23.1 Å². The van der Waals surface area contributed by atoms with Crippen LogP contribution in [0.4, 0.5) is 11.4 Å². The molecule has 0 radical (unpaired) electrons. The first-order valence-electron chi connectivity index (χ1n) is 8.43.